The molecule has 0 fully saturated rings. The van der Waals surface area contributed by atoms with E-state index in [2.05, 4.69) is 9.97 Å². The fraction of sp³-hybridized carbons (Fsp3) is 0.263. The normalized spacial score (nSPS) is 13.3. The van der Waals surface area contributed by atoms with Crippen LogP contribution in [-0.2, 0) is 13.0 Å². The molecule has 1 aliphatic rings. The molecule has 0 atom stereocenters. The van der Waals surface area contributed by atoms with E-state index in [1.165, 1.54) is 6.20 Å². The lowest BCUT2D eigenvalue weighted by Crippen LogP contribution is -2.37. The predicted molar refractivity (Wildman–Crippen MR) is 102 cm³/mol. The molecule has 0 saturated heterocycles. The standard InChI is InChI=1S/C19H20N6O2/c1-24(2)17-13-8-9-25(18(26)14-10-20-19(27)22-14)11-15(13)21-16(23-17)12-6-4-3-5-7-12/h3-7,10H,8-9,11H2,1-2H3,(H2,20,22,27). The topological polar surface area (TPSA) is 98.0 Å². The fourth-order valence-corrected chi connectivity index (χ4v) is 3.29. The van der Waals surface area contributed by atoms with Gasteiger partial charge in [0.2, 0.25) is 0 Å². The van der Waals surface area contributed by atoms with Crippen LogP contribution in [0, 0.1) is 0 Å². The first kappa shape index (κ1) is 17.0. The summed E-state index contributed by atoms with van der Waals surface area (Å²) in [5.74, 6) is 1.30. The van der Waals surface area contributed by atoms with Crippen LogP contribution in [-0.4, -0.2) is 51.4 Å². The number of anilines is 1. The van der Waals surface area contributed by atoms with E-state index in [4.69, 9.17) is 9.97 Å². The second-order valence-electron chi connectivity index (χ2n) is 6.69. The molecular formula is C19H20N6O2. The Kier molecular flexibility index (Phi) is 4.23. The van der Waals surface area contributed by atoms with Gasteiger partial charge in [0, 0.05) is 38.0 Å². The van der Waals surface area contributed by atoms with Crippen LogP contribution >= 0.6 is 0 Å². The Bertz CT molecular complexity index is 1040. The summed E-state index contributed by atoms with van der Waals surface area (Å²) < 4.78 is 0. The van der Waals surface area contributed by atoms with Crippen LogP contribution in [0.15, 0.2) is 41.3 Å². The third-order valence-corrected chi connectivity index (χ3v) is 4.61. The van der Waals surface area contributed by atoms with Gasteiger partial charge in [-0.05, 0) is 6.42 Å². The lowest BCUT2D eigenvalue weighted by molar-refractivity contribution is 0.0726. The van der Waals surface area contributed by atoms with Gasteiger partial charge < -0.3 is 19.8 Å². The second kappa shape index (κ2) is 6.71. The zero-order valence-electron chi connectivity index (χ0n) is 15.2. The van der Waals surface area contributed by atoms with Crippen LogP contribution in [0.25, 0.3) is 11.4 Å². The Morgan fingerprint density at radius 3 is 2.63 bits per heavy atom. The molecular weight excluding hydrogens is 344 g/mol. The summed E-state index contributed by atoms with van der Waals surface area (Å²) in [4.78, 5) is 42.1. The molecule has 4 rings (SSSR count). The summed E-state index contributed by atoms with van der Waals surface area (Å²) in [5, 5.41) is 0. The van der Waals surface area contributed by atoms with E-state index >= 15 is 0 Å². The predicted octanol–water partition coefficient (Wildman–Crippen LogP) is 1.42. The zero-order valence-corrected chi connectivity index (χ0v) is 15.2. The number of aromatic nitrogens is 4. The largest absolute Gasteiger partial charge is 0.362 e. The molecule has 1 aromatic carbocycles. The van der Waals surface area contributed by atoms with Gasteiger partial charge in [0.05, 0.1) is 12.2 Å². The highest BCUT2D eigenvalue weighted by molar-refractivity contribution is 5.92. The number of aromatic amines is 2. The van der Waals surface area contributed by atoms with Gasteiger partial charge in [-0.3, -0.25) is 4.79 Å². The second-order valence-corrected chi connectivity index (χ2v) is 6.69. The van der Waals surface area contributed by atoms with Crippen molar-refractivity contribution in [2.24, 2.45) is 0 Å². The van der Waals surface area contributed by atoms with Crippen molar-refractivity contribution in [2.75, 3.05) is 25.5 Å². The summed E-state index contributed by atoms with van der Waals surface area (Å²) in [6.07, 6.45) is 2.07. The van der Waals surface area contributed by atoms with Gasteiger partial charge in [0.1, 0.15) is 11.5 Å². The molecule has 2 aromatic heterocycles. The molecule has 1 amide bonds. The van der Waals surface area contributed by atoms with E-state index in [-0.39, 0.29) is 17.3 Å². The smallest absolute Gasteiger partial charge is 0.323 e. The summed E-state index contributed by atoms with van der Waals surface area (Å²) in [6, 6.07) is 9.79. The van der Waals surface area contributed by atoms with Gasteiger partial charge >= 0.3 is 5.69 Å². The highest BCUT2D eigenvalue weighted by atomic mass is 16.2. The van der Waals surface area contributed by atoms with Crippen LogP contribution in [0.3, 0.4) is 0 Å². The summed E-state index contributed by atoms with van der Waals surface area (Å²) in [7, 11) is 3.92. The molecule has 27 heavy (non-hydrogen) atoms. The highest BCUT2D eigenvalue weighted by Gasteiger charge is 2.27. The first-order valence-electron chi connectivity index (χ1n) is 8.72. The Morgan fingerprint density at radius 1 is 1.19 bits per heavy atom. The number of fused-ring (bicyclic) bond motifs is 1. The lowest BCUT2D eigenvalue weighted by atomic mass is 10.0. The molecule has 8 nitrogen and oxygen atoms in total. The number of imidazole rings is 1. The van der Waals surface area contributed by atoms with E-state index in [9.17, 15) is 9.59 Å². The van der Waals surface area contributed by atoms with Gasteiger partial charge in [-0.1, -0.05) is 30.3 Å². The maximum atomic E-state index is 12.7. The minimum Gasteiger partial charge on any atom is -0.362 e. The number of amides is 1. The van der Waals surface area contributed by atoms with Crippen molar-refractivity contribution in [2.45, 2.75) is 13.0 Å². The van der Waals surface area contributed by atoms with Crippen molar-refractivity contribution < 1.29 is 4.79 Å². The van der Waals surface area contributed by atoms with Crippen LogP contribution in [0.5, 0.6) is 0 Å². The number of carbonyl (C=O) groups excluding carboxylic acids is 1. The van der Waals surface area contributed by atoms with E-state index in [0.29, 0.717) is 25.3 Å². The zero-order chi connectivity index (χ0) is 19.0. The summed E-state index contributed by atoms with van der Waals surface area (Å²) in [6.45, 7) is 0.929. The van der Waals surface area contributed by atoms with Crippen LogP contribution in [0.1, 0.15) is 21.7 Å². The molecule has 8 heteroatoms. The van der Waals surface area contributed by atoms with Gasteiger partial charge in [-0.15, -0.1) is 0 Å². The number of nitrogens with one attached hydrogen (secondary N) is 2. The molecule has 2 N–H and O–H groups in total. The van der Waals surface area contributed by atoms with Crippen LogP contribution in [0.2, 0.25) is 0 Å². The molecule has 138 valence electrons. The number of rotatable bonds is 3. The number of benzene rings is 1. The minimum absolute atomic E-state index is 0.217. The van der Waals surface area contributed by atoms with E-state index in [1.807, 2.05) is 49.3 Å². The van der Waals surface area contributed by atoms with Crippen molar-refractivity contribution in [1.82, 2.24) is 24.8 Å². The highest BCUT2D eigenvalue weighted by Crippen LogP contribution is 2.28. The van der Waals surface area contributed by atoms with Crippen molar-refractivity contribution in [3.8, 4) is 11.4 Å². The van der Waals surface area contributed by atoms with Gasteiger partial charge in [-0.2, -0.15) is 0 Å². The maximum absolute atomic E-state index is 12.7. The van der Waals surface area contributed by atoms with Crippen molar-refractivity contribution >= 4 is 11.7 Å². The third kappa shape index (κ3) is 3.21. The SMILES string of the molecule is CN(C)c1nc(-c2ccccc2)nc2c1CCN(C(=O)c1c[nH]c(=O)[nH]1)C2. The first-order chi connectivity index (χ1) is 13.0. The molecule has 1 aliphatic heterocycles. The monoisotopic (exact) mass is 364 g/mol. The van der Waals surface area contributed by atoms with Crippen molar-refractivity contribution in [3.05, 3.63) is 64.0 Å². The van der Waals surface area contributed by atoms with Crippen molar-refractivity contribution in [1.29, 1.82) is 0 Å². The molecule has 0 bridgehead atoms. The Morgan fingerprint density at radius 2 is 1.96 bits per heavy atom. The van der Waals surface area contributed by atoms with Crippen molar-refractivity contribution in [3.63, 3.8) is 0 Å². The number of hydrogen-bond acceptors (Lipinski definition) is 5. The number of carbonyl (C=O) groups is 1. The molecule has 0 saturated carbocycles. The fourth-order valence-electron chi connectivity index (χ4n) is 3.29. The Labute approximate surface area is 155 Å². The Balaban J connectivity index is 1.72. The number of hydrogen-bond donors (Lipinski definition) is 2. The Hall–Kier alpha value is -3.42. The molecule has 3 aromatic rings. The molecule has 0 radical (unpaired) electrons. The van der Waals surface area contributed by atoms with E-state index in [1.54, 1.807) is 4.90 Å². The molecule has 0 spiro atoms. The third-order valence-electron chi connectivity index (χ3n) is 4.61. The summed E-state index contributed by atoms with van der Waals surface area (Å²) in [5.41, 5.74) is 2.70. The van der Waals surface area contributed by atoms with Crippen LogP contribution < -0.4 is 10.6 Å². The number of nitrogens with zero attached hydrogens (tertiary/aromatic N) is 4. The molecule has 3 heterocycles. The molecule has 0 aliphatic carbocycles. The van der Waals surface area contributed by atoms with Gasteiger partial charge in [0.25, 0.3) is 5.91 Å². The van der Waals surface area contributed by atoms with E-state index < -0.39 is 0 Å². The quantitative estimate of drug-likeness (QED) is 0.733. The molecule has 0 unspecified atom stereocenters. The lowest BCUT2D eigenvalue weighted by Gasteiger charge is -2.30. The minimum atomic E-state index is -0.389. The average Bonchev–Trinajstić information content (AvgIpc) is 3.13. The average molecular weight is 364 g/mol. The number of H-pyrrole nitrogens is 2. The first-order valence-corrected chi connectivity index (χ1v) is 8.72. The summed E-state index contributed by atoms with van der Waals surface area (Å²) >= 11 is 0. The van der Waals surface area contributed by atoms with E-state index in [0.717, 1.165) is 22.6 Å². The maximum Gasteiger partial charge on any atom is 0.323 e. The van der Waals surface area contributed by atoms with Gasteiger partial charge in [0.15, 0.2) is 5.82 Å². The van der Waals surface area contributed by atoms with Crippen LogP contribution in [0.4, 0.5) is 5.82 Å². The van der Waals surface area contributed by atoms with Gasteiger partial charge in [-0.25, -0.2) is 14.8 Å².